The molecule has 0 radical (unpaired) electrons. The van der Waals surface area contributed by atoms with E-state index < -0.39 is 0 Å². The van der Waals surface area contributed by atoms with Crippen LogP contribution in [0, 0.1) is 0 Å². The first-order valence-electron chi connectivity index (χ1n) is 6.91. The lowest BCUT2D eigenvalue weighted by atomic mass is 10.2. The molecule has 2 heterocycles. The monoisotopic (exact) mass is 244 g/mol. The summed E-state index contributed by atoms with van der Waals surface area (Å²) in [4.78, 5) is 16.9. The summed E-state index contributed by atoms with van der Waals surface area (Å²) < 4.78 is 0. The number of anilines is 1. The van der Waals surface area contributed by atoms with Crippen LogP contribution in [0.1, 0.15) is 26.2 Å². The molecule has 0 saturated carbocycles. The van der Waals surface area contributed by atoms with Crippen molar-refractivity contribution >= 4 is 11.5 Å². The Labute approximate surface area is 108 Å². The molecule has 1 aromatic carbocycles. The van der Waals surface area contributed by atoms with E-state index in [0.717, 1.165) is 13.1 Å². The number of Topliss-reactive ketones (excluding diaryl/α,β-unsaturated/α-hetero) is 1. The molecule has 2 unspecified atom stereocenters. The molecule has 2 fully saturated rings. The number of para-hydroxylation sites is 1. The van der Waals surface area contributed by atoms with E-state index in [1.54, 1.807) is 0 Å². The summed E-state index contributed by atoms with van der Waals surface area (Å²) in [7, 11) is 0. The maximum Gasteiger partial charge on any atom is 0.169 e. The first kappa shape index (κ1) is 11.7. The van der Waals surface area contributed by atoms with Gasteiger partial charge < -0.3 is 4.90 Å². The smallest absolute Gasteiger partial charge is 0.169 e. The van der Waals surface area contributed by atoms with Gasteiger partial charge in [0, 0.05) is 31.2 Å². The Morgan fingerprint density at radius 1 is 1.33 bits per heavy atom. The number of nitrogens with zero attached hydrogens (tertiary/aromatic N) is 2. The van der Waals surface area contributed by atoms with Gasteiger partial charge in [-0.15, -0.1) is 0 Å². The number of hydrogen-bond acceptors (Lipinski definition) is 3. The van der Waals surface area contributed by atoms with Crippen LogP contribution in [0.2, 0.25) is 0 Å². The summed E-state index contributed by atoms with van der Waals surface area (Å²) in [5, 5.41) is 0. The van der Waals surface area contributed by atoms with Crippen molar-refractivity contribution in [2.75, 3.05) is 18.0 Å². The predicted octanol–water partition coefficient (Wildman–Crippen LogP) is 2.28. The molecule has 3 nitrogen and oxygen atoms in total. The molecule has 0 aliphatic carbocycles. The van der Waals surface area contributed by atoms with Gasteiger partial charge in [-0.25, -0.2) is 0 Å². The van der Waals surface area contributed by atoms with E-state index in [1.165, 1.54) is 18.5 Å². The highest BCUT2D eigenvalue weighted by molar-refractivity contribution is 5.87. The lowest BCUT2D eigenvalue weighted by molar-refractivity contribution is -0.123. The zero-order valence-electron chi connectivity index (χ0n) is 10.9. The first-order valence-corrected chi connectivity index (χ1v) is 6.91. The number of fused-ring (bicyclic) bond motifs is 1. The summed E-state index contributed by atoms with van der Waals surface area (Å²) in [5.41, 5.74) is 1.18. The molecule has 0 spiro atoms. The van der Waals surface area contributed by atoms with E-state index >= 15 is 0 Å². The van der Waals surface area contributed by atoms with Gasteiger partial charge in [-0.3, -0.25) is 9.69 Å². The van der Waals surface area contributed by atoms with Gasteiger partial charge in [0.05, 0.1) is 0 Å². The van der Waals surface area contributed by atoms with Crippen LogP contribution in [0.3, 0.4) is 0 Å². The largest absolute Gasteiger partial charge is 0.348 e. The summed E-state index contributed by atoms with van der Waals surface area (Å²) in [6.45, 7) is 4.04. The molecule has 0 N–H and O–H groups in total. The molecule has 0 bridgehead atoms. The zero-order chi connectivity index (χ0) is 12.5. The minimum absolute atomic E-state index is 0.0232. The third kappa shape index (κ3) is 1.83. The maximum atomic E-state index is 12.3. The highest BCUT2D eigenvalue weighted by Gasteiger charge is 2.44. The van der Waals surface area contributed by atoms with E-state index in [2.05, 4.69) is 21.9 Å². The van der Waals surface area contributed by atoms with Crippen molar-refractivity contribution in [3.05, 3.63) is 30.3 Å². The van der Waals surface area contributed by atoms with E-state index in [0.29, 0.717) is 18.2 Å². The summed E-state index contributed by atoms with van der Waals surface area (Å²) >= 11 is 0. The Kier molecular flexibility index (Phi) is 3.08. The molecular weight excluding hydrogens is 224 g/mol. The van der Waals surface area contributed by atoms with Gasteiger partial charge in [-0.1, -0.05) is 25.1 Å². The predicted molar refractivity (Wildman–Crippen MR) is 72.6 cm³/mol. The number of rotatable bonds is 3. The fraction of sp³-hybridized carbons (Fsp3) is 0.533. The molecule has 2 aliphatic heterocycles. The minimum atomic E-state index is -0.0232. The Morgan fingerprint density at radius 3 is 2.83 bits per heavy atom. The summed E-state index contributed by atoms with van der Waals surface area (Å²) in [6, 6.07) is 10.9. The van der Waals surface area contributed by atoms with Gasteiger partial charge in [-0.05, 0) is 25.0 Å². The highest BCUT2D eigenvalue weighted by atomic mass is 16.1. The van der Waals surface area contributed by atoms with E-state index in [9.17, 15) is 4.79 Å². The molecule has 2 atom stereocenters. The highest BCUT2D eigenvalue weighted by Crippen LogP contribution is 2.33. The fourth-order valence-electron chi connectivity index (χ4n) is 3.29. The molecule has 1 aromatic rings. The van der Waals surface area contributed by atoms with Crippen molar-refractivity contribution in [3.63, 3.8) is 0 Å². The van der Waals surface area contributed by atoms with Gasteiger partial charge in [0.1, 0.15) is 6.17 Å². The number of ketones is 1. The van der Waals surface area contributed by atoms with Crippen molar-refractivity contribution in [1.29, 1.82) is 0 Å². The minimum Gasteiger partial charge on any atom is -0.348 e. The quantitative estimate of drug-likeness (QED) is 0.815. The molecule has 96 valence electrons. The average Bonchev–Trinajstić information content (AvgIpc) is 2.98. The second kappa shape index (κ2) is 4.73. The van der Waals surface area contributed by atoms with E-state index in [4.69, 9.17) is 0 Å². The second-order valence-corrected chi connectivity index (χ2v) is 5.22. The van der Waals surface area contributed by atoms with Crippen LogP contribution in [0.5, 0.6) is 0 Å². The van der Waals surface area contributed by atoms with Crippen LogP contribution in [0.15, 0.2) is 30.3 Å². The van der Waals surface area contributed by atoms with Gasteiger partial charge >= 0.3 is 0 Å². The van der Waals surface area contributed by atoms with E-state index in [1.807, 2.05) is 25.1 Å². The molecule has 3 heteroatoms. The molecule has 18 heavy (non-hydrogen) atoms. The SMILES string of the molecule is CCC(=O)C1N(c2ccccc2)CC2CCCN21. The van der Waals surface area contributed by atoms with Crippen LogP contribution in [-0.4, -0.2) is 36.0 Å². The molecule has 0 amide bonds. The Morgan fingerprint density at radius 2 is 2.11 bits per heavy atom. The first-order chi connectivity index (χ1) is 8.81. The van der Waals surface area contributed by atoms with Crippen molar-refractivity contribution in [2.45, 2.75) is 38.4 Å². The Hall–Kier alpha value is -1.35. The van der Waals surface area contributed by atoms with Gasteiger partial charge in [0.2, 0.25) is 0 Å². The Balaban J connectivity index is 1.91. The number of hydrogen-bond donors (Lipinski definition) is 0. The maximum absolute atomic E-state index is 12.3. The zero-order valence-corrected chi connectivity index (χ0v) is 10.9. The summed E-state index contributed by atoms with van der Waals surface area (Å²) in [6.07, 6.45) is 3.07. The lowest BCUT2D eigenvalue weighted by Crippen LogP contribution is -2.45. The molecular formula is C15H20N2O. The average molecular weight is 244 g/mol. The summed E-state index contributed by atoms with van der Waals surface area (Å²) in [5.74, 6) is 0.350. The normalized spacial score (nSPS) is 27.5. The third-order valence-corrected chi connectivity index (χ3v) is 4.16. The van der Waals surface area contributed by atoms with Gasteiger partial charge in [0.15, 0.2) is 5.78 Å². The fourth-order valence-corrected chi connectivity index (χ4v) is 3.29. The Bertz CT molecular complexity index is 431. The van der Waals surface area contributed by atoms with Crippen molar-refractivity contribution < 1.29 is 4.79 Å². The molecule has 2 saturated heterocycles. The van der Waals surface area contributed by atoms with Crippen molar-refractivity contribution in [2.24, 2.45) is 0 Å². The van der Waals surface area contributed by atoms with Crippen LogP contribution in [0.25, 0.3) is 0 Å². The van der Waals surface area contributed by atoms with E-state index in [-0.39, 0.29) is 6.17 Å². The number of benzene rings is 1. The van der Waals surface area contributed by atoms with Gasteiger partial charge in [-0.2, -0.15) is 0 Å². The van der Waals surface area contributed by atoms with Crippen LogP contribution in [0.4, 0.5) is 5.69 Å². The standard InChI is InChI=1S/C15H20N2O/c1-2-14(18)15-16-10-6-9-13(16)11-17(15)12-7-4-3-5-8-12/h3-5,7-8,13,15H,2,6,9-11H2,1H3. The third-order valence-electron chi connectivity index (χ3n) is 4.16. The van der Waals surface area contributed by atoms with Crippen LogP contribution >= 0.6 is 0 Å². The molecule has 2 aliphatic rings. The second-order valence-electron chi connectivity index (χ2n) is 5.22. The number of carbonyl (C=O) groups is 1. The van der Waals surface area contributed by atoms with Crippen molar-refractivity contribution in [1.82, 2.24) is 4.90 Å². The van der Waals surface area contributed by atoms with Crippen molar-refractivity contribution in [3.8, 4) is 0 Å². The van der Waals surface area contributed by atoms with Gasteiger partial charge in [0.25, 0.3) is 0 Å². The topological polar surface area (TPSA) is 23.6 Å². The number of carbonyl (C=O) groups excluding carboxylic acids is 1. The van der Waals surface area contributed by atoms with Crippen LogP contribution in [-0.2, 0) is 4.79 Å². The molecule has 0 aromatic heterocycles. The molecule has 3 rings (SSSR count). The van der Waals surface area contributed by atoms with Crippen LogP contribution < -0.4 is 4.90 Å². The lowest BCUT2D eigenvalue weighted by Gasteiger charge is -2.29.